The monoisotopic (exact) mass is 382 g/mol. The van der Waals surface area contributed by atoms with E-state index in [1.54, 1.807) is 6.08 Å². The van der Waals surface area contributed by atoms with Crippen molar-refractivity contribution in [3.63, 3.8) is 0 Å². The van der Waals surface area contributed by atoms with E-state index in [0.717, 1.165) is 24.8 Å². The number of fused-ring (bicyclic) bond motifs is 2. The van der Waals surface area contributed by atoms with Gasteiger partial charge in [0.1, 0.15) is 0 Å². The molecule has 6 atom stereocenters. The highest BCUT2D eigenvalue weighted by Gasteiger charge is 2.51. The molecule has 1 N–H and O–H groups in total. The highest BCUT2D eigenvalue weighted by Crippen LogP contribution is 2.58. The Morgan fingerprint density at radius 2 is 2.07 bits per heavy atom. The van der Waals surface area contributed by atoms with Gasteiger partial charge < -0.3 is 5.11 Å². The second-order valence-electron chi connectivity index (χ2n) is 9.73. The molecule has 0 heterocycles. The van der Waals surface area contributed by atoms with E-state index in [2.05, 4.69) is 45.9 Å². The van der Waals surface area contributed by atoms with Gasteiger partial charge in [0.2, 0.25) is 0 Å². The summed E-state index contributed by atoms with van der Waals surface area (Å²) in [6.07, 6.45) is 14.2. The number of hydrogen-bond donors (Lipinski definition) is 1. The molecular weight excluding hydrogens is 348 g/mol. The maximum absolute atomic E-state index is 12.5. The smallest absolute Gasteiger partial charge is 0.332 e. The maximum Gasteiger partial charge on any atom is 0.332 e. The van der Waals surface area contributed by atoms with Crippen molar-refractivity contribution in [3.8, 4) is 0 Å². The highest BCUT2D eigenvalue weighted by molar-refractivity contribution is 6.04. The lowest BCUT2D eigenvalue weighted by molar-refractivity contribution is -0.135. The summed E-state index contributed by atoms with van der Waals surface area (Å²) in [6.45, 7) is 10.9. The quantitative estimate of drug-likeness (QED) is 0.630. The molecule has 3 rings (SSSR count). The number of carboxylic acid groups (broad SMARTS) is 1. The molecule has 0 spiro atoms. The third-order valence-electron chi connectivity index (χ3n) is 7.50. The van der Waals surface area contributed by atoms with Crippen LogP contribution in [0.2, 0.25) is 0 Å². The van der Waals surface area contributed by atoms with Gasteiger partial charge in [-0.25, -0.2) is 4.79 Å². The minimum atomic E-state index is -0.930. The van der Waals surface area contributed by atoms with Crippen LogP contribution in [-0.4, -0.2) is 16.9 Å². The number of hydrogen-bond acceptors (Lipinski definition) is 2. The first-order valence-corrected chi connectivity index (χ1v) is 10.6. The maximum atomic E-state index is 12.5. The van der Waals surface area contributed by atoms with Gasteiger partial charge in [-0.2, -0.15) is 0 Å². The summed E-state index contributed by atoms with van der Waals surface area (Å²) >= 11 is 0. The number of rotatable bonds is 4. The SMILES string of the molecule is CC(C)=CC=CC(C)C1CCC2(C)CC3C(C)=CC(=O)C3C(C(=O)O)=CCC12. The summed E-state index contributed by atoms with van der Waals surface area (Å²) in [7, 11) is 0. The van der Waals surface area contributed by atoms with Crippen molar-refractivity contribution in [1.82, 2.24) is 0 Å². The molecule has 0 bridgehead atoms. The normalized spacial score (nSPS) is 36.1. The predicted molar refractivity (Wildman–Crippen MR) is 113 cm³/mol. The van der Waals surface area contributed by atoms with Crippen molar-refractivity contribution in [3.05, 3.63) is 47.1 Å². The first kappa shape index (κ1) is 20.8. The highest BCUT2D eigenvalue weighted by atomic mass is 16.4. The molecule has 28 heavy (non-hydrogen) atoms. The van der Waals surface area contributed by atoms with Crippen LogP contribution >= 0.6 is 0 Å². The van der Waals surface area contributed by atoms with E-state index in [-0.39, 0.29) is 17.1 Å². The fourth-order valence-corrected chi connectivity index (χ4v) is 5.94. The van der Waals surface area contributed by atoms with Crippen molar-refractivity contribution < 1.29 is 14.7 Å². The number of carbonyl (C=O) groups is 2. The van der Waals surface area contributed by atoms with E-state index in [9.17, 15) is 14.7 Å². The molecule has 3 aliphatic carbocycles. The lowest BCUT2D eigenvalue weighted by Gasteiger charge is -2.40. The van der Waals surface area contributed by atoms with Crippen LogP contribution in [0, 0.1) is 35.0 Å². The third kappa shape index (κ3) is 3.81. The fraction of sp³-hybridized carbons (Fsp3) is 0.600. The lowest BCUT2D eigenvalue weighted by atomic mass is 9.63. The molecule has 3 nitrogen and oxygen atoms in total. The zero-order valence-corrected chi connectivity index (χ0v) is 17.9. The molecule has 0 aliphatic heterocycles. The van der Waals surface area contributed by atoms with Crippen LogP contribution < -0.4 is 0 Å². The Morgan fingerprint density at radius 3 is 2.71 bits per heavy atom. The molecule has 0 radical (unpaired) electrons. The molecule has 0 aromatic carbocycles. The van der Waals surface area contributed by atoms with Crippen molar-refractivity contribution >= 4 is 11.8 Å². The van der Waals surface area contributed by atoms with Crippen LogP contribution in [-0.2, 0) is 9.59 Å². The van der Waals surface area contributed by atoms with Gasteiger partial charge in [-0.05, 0) is 81.6 Å². The number of carboxylic acids is 1. The van der Waals surface area contributed by atoms with E-state index in [1.165, 1.54) is 12.0 Å². The largest absolute Gasteiger partial charge is 0.478 e. The molecular formula is C25H34O3. The molecule has 1 fully saturated rings. The summed E-state index contributed by atoms with van der Waals surface area (Å²) in [5, 5.41) is 9.79. The van der Waals surface area contributed by atoms with E-state index in [0.29, 0.717) is 23.3 Å². The van der Waals surface area contributed by atoms with Crippen LogP contribution in [0.1, 0.15) is 60.3 Å². The van der Waals surface area contributed by atoms with Gasteiger partial charge in [0.25, 0.3) is 0 Å². The van der Waals surface area contributed by atoms with Crippen LogP contribution in [0.4, 0.5) is 0 Å². The Morgan fingerprint density at radius 1 is 1.36 bits per heavy atom. The standard InChI is InChI=1S/C25H34O3/c1-15(2)7-6-8-16(3)18-11-12-25(5)14-20-17(4)13-22(26)23(20)19(24(27)28)9-10-21(18)25/h6-9,13,16,18,20-21,23H,10-12,14H2,1-5H3,(H,27,28). The van der Waals surface area contributed by atoms with Gasteiger partial charge in [-0.15, -0.1) is 0 Å². The molecule has 0 amide bonds. The van der Waals surface area contributed by atoms with Crippen LogP contribution in [0.5, 0.6) is 0 Å². The first-order chi connectivity index (χ1) is 13.1. The Bertz CT molecular complexity index is 778. The van der Waals surface area contributed by atoms with Gasteiger partial charge in [0.15, 0.2) is 5.78 Å². The molecule has 0 aromatic rings. The lowest BCUT2D eigenvalue weighted by Crippen LogP contribution is -2.35. The van der Waals surface area contributed by atoms with Gasteiger partial charge in [-0.3, -0.25) is 4.79 Å². The molecule has 6 unspecified atom stereocenters. The number of carbonyl (C=O) groups excluding carboxylic acids is 1. The minimum Gasteiger partial charge on any atom is -0.478 e. The van der Waals surface area contributed by atoms with Gasteiger partial charge in [-0.1, -0.05) is 49.3 Å². The van der Waals surface area contributed by atoms with E-state index in [4.69, 9.17) is 0 Å². The van der Waals surface area contributed by atoms with Crippen molar-refractivity contribution in [1.29, 1.82) is 0 Å². The summed E-state index contributed by atoms with van der Waals surface area (Å²) < 4.78 is 0. The van der Waals surface area contributed by atoms with Gasteiger partial charge >= 0.3 is 5.97 Å². The minimum absolute atomic E-state index is 0.0224. The molecule has 3 aliphatic rings. The van der Waals surface area contributed by atoms with Crippen molar-refractivity contribution in [2.75, 3.05) is 0 Å². The average molecular weight is 383 g/mol. The second kappa shape index (κ2) is 7.85. The van der Waals surface area contributed by atoms with Gasteiger partial charge in [0.05, 0.1) is 5.92 Å². The van der Waals surface area contributed by atoms with Crippen molar-refractivity contribution in [2.24, 2.45) is 35.0 Å². The Labute approximate surface area is 169 Å². The zero-order valence-electron chi connectivity index (χ0n) is 17.9. The summed E-state index contributed by atoms with van der Waals surface area (Å²) in [5.41, 5.74) is 2.83. The van der Waals surface area contributed by atoms with Crippen LogP contribution in [0.15, 0.2) is 47.1 Å². The fourth-order valence-electron chi connectivity index (χ4n) is 5.94. The zero-order chi connectivity index (χ0) is 20.6. The first-order valence-electron chi connectivity index (χ1n) is 10.6. The molecule has 3 heteroatoms. The predicted octanol–water partition coefficient (Wildman–Crippen LogP) is 5.74. The van der Waals surface area contributed by atoms with E-state index >= 15 is 0 Å². The number of ketones is 1. The molecule has 0 saturated heterocycles. The van der Waals surface area contributed by atoms with E-state index in [1.807, 2.05) is 13.0 Å². The second-order valence-corrected chi connectivity index (χ2v) is 9.73. The van der Waals surface area contributed by atoms with Crippen molar-refractivity contribution in [2.45, 2.75) is 60.3 Å². The summed E-state index contributed by atoms with van der Waals surface area (Å²) in [6, 6.07) is 0. The Kier molecular flexibility index (Phi) is 5.84. The Hall–Kier alpha value is -1.90. The average Bonchev–Trinajstić information content (AvgIpc) is 3.03. The third-order valence-corrected chi connectivity index (χ3v) is 7.50. The molecule has 152 valence electrons. The Balaban J connectivity index is 1.93. The van der Waals surface area contributed by atoms with Crippen LogP contribution in [0.25, 0.3) is 0 Å². The molecule has 0 aromatic heterocycles. The van der Waals surface area contributed by atoms with E-state index < -0.39 is 11.9 Å². The number of allylic oxidation sites excluding steroid dienone is 7. The van der Waals surface area contributed by atoms with Crippen LogP contribution in [0.3, 0.4) is 0 Å². The summed E-state index contributed by atoms with van der Waals surface area (Å²) in [5.74, 6) is 0.0731. The summed E-state index contributed by atoms with van der Waals surface area (Å²) in [4.78, 5) is 24.5. The van der Waals surface area contributed by atoms with Gasteiger partial charge in [0, 0.05) is 5.57 Å². The topological polar surface area (TPSA) is 54.4 Å². The molecule has 1 saturated carbocycles. The number of aliphatic carboxylic acids is 1.